The lowest BCUT2D eigenvalue weighted by Gasteiger charge is -2.35. The minimum Gasteiger partial charge on any atom is -0.376 e. The number of aryl methyl sites for hydroxylation is 3. The summed E-state index contributed by atoms with van der Waals surface area (Å²) in [5, 5.41) is 8.03. The van der Waals surface area contributed by atoms with Gasteiger partial charge in [-0.25, -0.2) is 0 Å². The molecule has 0 saturated carbocycles. The number of nitrogens with zero attached hydrogens (tertiary/aromatic N) is 4. The van der Waals surface area contributed by atoms with E-state index < -0.39 is 0 Å². The molecule has 1 atom stereocenters. The number of rotatable bonds is 7. The fourth-order valence-corrected chi connectivity index (χ4v) is 4.08. The number of guanidine groups is 1. The molecule has 2 fully saturated rings. The van der Waals surface area contributed by atoms with E-state index in [2.05, 4.69) is 38.0 Å². The van der Waals surface area contributed by atoms with Crippen LogP contribution in [0.5, 0.6) is 0 Å². The first-order valence-electron chi connectivity index (χ1n) is 10.9. The van der Waals surface area contributed by atoms with Crippen molar-refractivity contribution in [3.05, 3.63) is 17.5 Å². The van der Waals surface area contributed by atoms with Crippen molar-refractivity contribution < 1.29 is 9.47 Å². The van der Waals surface area contributed by atoms with Gasteiger partial charge >= 0.3 is 0 Å². The van der Waals surface area contributed by atoms with Gasteiger partial charge in [-0.05, 0) is 58.4 Å². The van der Waals surface area contributed by atoms with Crippen molar-refractivity contribution in [1.29, 1.82) is 0 Å². The first-order valence-corrected chi connectivity index (χ1v) is 10.9. The zero-order valence-electron chi connectivity index (χ0n) is 17.8. The summed E-state index contributed by atoms with van der Waals surface area (Å²) >= 11 is 0. The standard InChI is InChI=1S/C21H37N5O2/c1-17-15-18(2)26(24-17)11-6-10-23-21(22-3)25-12-8-19(9-13-25)28-16-20-7-4-5-14-27-20/h15,19-20H,4-14,16H2,1-3H3,(H,22,23). The third-order valence-electron chi connectivity index (χ3n) is 5.68. The highest BCUT2D eigenvalue weighted by atomic mass is 16.5. The van der Waals surface area contributed by atoms with Gasteiger partial charge in [0.05, 0.1) is 24.5 Å². The first kappa shape index (κ1) is 21.1. The molecule has 1 N–H and O–H groups in total. The third kappa shape index (κ3) is 6.21. The molecule has 7 nitrogen and oxygen atoms in total. The Morgan fingerprint density at radius 1 is 1.29 bits per heavy atom. The van der Waals surface area contributed by atoms with Crippen LogP contribution in [-0.2, 0) is 16.0 Å². The predicted octanol–water partition coefficient (Wildman–Crippen LogP) is 2.52. The van der Waals surface area contributed by atoms with E-state index in [1.807, 2.05) is 14.0 Å². The Hall–Kier alpha value is -1.60. The maximum atomic E-state index is 6.12. The molecule has 0 aromatic carbocycles. The molecule has 28 heavy (non-hydrogen) atoms. The molecule has 0 bridgehead atoms. The molecule has 2 aliphatic heterocycles. The highest BCUT2D eigenvalue weighted by molar-refractivity contribution is 5.79. The van der Waals surface area contributed by atoms with E-state index in [0.29, 0.717) is 12.2 Å². The summed E-state index contributed by atoms with van der Waals surface area (Å²) in [6.45, 7) is 9.63. The van der Waals surface area contributed by atoms with E-state index in [9.17, 15) is 0 Å². The number of likely N-dealkylation sites (tertiary alicyclic amines) is 1. The van der Waals surface area contributed by atoms with E-state index in [1.54, 1.807) is 0 Å². The van der Waals surface area contributed by atoms with Crippen molar-refractivity contribution in [1.82, 2.24) is 20.0 Å². The number of nitrogens with one attached hydrogen (secondary N) is 1. The van der Waals surface area contributed by atoms with Gasteiger partial charge in [0.2, 0.25) is 0 Å². The van der Waals surface area contributed by atoms with Crippen LogP contribution in [-0.4, -0.2) is 72.7 Å². The van der Waals surface area contributed by atoms with Gasteiger partial charge in [0.25, 0.3) is 0 Å². The maximum Gasteiger partial charge on any atom is 0.193 e. The van der Waals surface area contributed by atoms with E-state index in [4.69, 9.17) is 9.47 Å². The molecule has 2 saturated heterocycles. The smallest absolute Gasteiger partial charge is 0.193 e. The zero-order valence-corrected chi connectivity index (χ0v) is 17.8. The molecule has 0 amide bonds. The van der Waals surface area contributed by atoms with Crippen molar-refractivity contribution in [3.63, 3.8) is 0 Å². The van der Waals surface area contributed by atoms with Gasteiger partial charge < -0.3 is 19.7 Å². The fourth-order valence-electron chi connectivity index (χ4n) is 4.08. The van der Waals surface area contributed by atoms with Gasteiger partial charge in [-0.2, -0.15) is 5.10 Å². The lowest BCUT2D eigenvalue weighted by Crippen LogP contribution is -2.47. The van der Waals surface area contributed by atoms with Crippen molar-refractivity contribution in [2.75, 3.05) is 39.9 Å². The van der Waals surface area contributed by atoms with Crippen LogP contribution in [0.1, 0.15) is 49.9 Å². The summed E-state index contributed by atoms with van der Waals surface area (Å²) in [6.07, 6.45) is 7.41. The zero-order chi connectivity index (χ0) is 19.8. The van der Waals surface area contributed by atoms with Gasteiger partial charge in [-0.3, -0.25) is 9.67 Å². The van der Waals surface area contributed by atoms with E-state index in [0.717, 1.165) is 76.7 Å². The van der Waals surface area contributed by atoms with Crippen LogP contribution in [0.25, 0.3) is 0 Å². The normalized spacial score (nSPS) is 21.9. The summed E-state index contributed by atoms with van der Waals surface area (Å²) in [5.41, 5.74) is 2.31. The second-order valence-electron chi connectivity index (χ2n) is 7.99. The van der Waals surface area contributed by atoms with Crippen molar-refractivity contribution in [2.24, 2.45) is 4.99 Å². The molecule has 3 rings (SSSR count). The Morgan fingerprint density at radius 3 is 2.75 bits per heavy atom. The van der Waals surface area contributed by atoms with Crippen LogP contribution < -0.4 is 5.32 Å². The van der Waals surface area contributed by atoms with Gasteiger partial charge in [0.15, 0.2) is 5.96 Å². The molecule has 0 radical (unpaired) electrons. The van der Waals surface area contributed by atoms with Crippen LogP contribution in [0.4, 0.5) is 0 Å². The Labute approximate surface area is 169 Å². The van der Waals surface area contributed by atoms with Crippen molar-refractivity contribution in [3.8, 4) is 0 Å². The summed E-state index contributed by atoms with van der Waals surface area (Å²) < 4.78 is 14.0. The average Bonchev–Trinajstić information content (AvgIpc) is 3.05. The Balaban J connectivity index is 1.32. The number of aromatic nitrogens is 2. The van der Waals surface area contributed by atoms with Crippen LogP contribution in [0.3, 0.4) is 0 Å². The molecule has 0 aliphatic carbocycles. The first-order chi connectivity index (χ1) is 13.7. The number of aliphatic imine (C=N–C) groups is 1. The van der Waals surface area contributed by atoms with E-state index in [-0.39, 0.29) is 0 Å². The highest BCUT2D eigenvalue weighted by Gasteiger charge is 2.23. The van der Waals surface area contributed by atoms with Crippen LogP contribution in [0.15, 0.2) is 11.1 Å². The summed E-state index contributed by atoms with van der Waals surface area (Å²) in [5.74, 6) is 1.00. The number of hydrogen-bond donors (Lipinski definition) is 1. The lowest BCUT2D eigenvalue weighted by atomic mass is 10.1. The van der Waals surface area contributed by atoms with E-state index in [1.165, 1.54) is 18.5 Å². The fraction of sp³-hybridized carbons (Fsp3) is 0.810. The lowest BCUT2D eigenvalue weighted by molar-refractivity contribution is -0.0721. The largest absolute Gasteiger partial charge is 0.376 e. The summed E-state index contributed by atoms with van der Waals surface area (Å²) in [4.78, 5) is 6.82. The second kappa shape index (κ2) is 10.8. The van der Waals surface area contributed by atoms with E-state index >= 15 is 0 Å². The SMILES string of the molecule is CN=C(NCCCn1nc(C)cc1C)N1CCC(OCC2CCCCO2)CC1. The van der Waals surface area contributed by atoms with Gasteiger partial charge in [-0.1, -0.05) is 0 Å². The van der Waals surface area contributed by atoms with Crippen molar-refractivity contribution in [2.45, 2.75) is 71.1 Å². The van der Waals surface area contributed by atoms with Gasteiger partial charge in [0, 0.05) is 45.5 Å². The Kier molecular flexibility index (Phi) is 8.15. The molecule has 3 heterocycles. The molecular formula is C21H37N5O2. The topological polar surface area (TPSA) is 63.9 Å². The average molecular weight is 392 g/mol. The minimum atomic E-state index is 0.309. The molecule has 1 aromatic heterocycles. The van der Waals surface area contributed by atoms with Crippen LogP contribution >= 0.6 is 0 Å². The van der Waals surface area contributed by atoms with Crippen LogP contribution in [0, 0.1) is 13.8 Å². The molecular weight excluding hydrogens is 354 g/mol. The monoisotopic (exact) mass is 391 g/mol. The minimum absolute atomic E-state index is 0.309. The number of piperidine rings is 1. The molecule has 7 heteroatoms. The summed E-state index contributed by atoms with van der Waals surface area (Å²) in [7, 11) is 1.87. The van der Waals surface area contributed by atoms with Gasteiger partial charge in [0.1, 0.15) is 0 Å². The Bertz CT molecular complexity index is 616. The number of hydrogen-bond acceptors (Lipinski definition) is 4. The van der Waals surface area contributed by atoms with Crippen molar-refractivity contribution >= 4 is 5.96 Å². The highest BCUT2D eigenvalue weighted by Crippen LogP contribution is 2.18. The van der Waals surface area contributed by atoms with Crippen LogP contribution in [0.2, 0.25) is 0 Å². The Morgan fingerprint density at radius 2 is 2.11 bits per heavy atom. The summed E-state index contributed by atoms with van der Waals surface area (Å²) in [6, 6.07) is 2.12. The second-order valence-corrected chi connectivity index (χ2v) is 7.99. The molecule has 158 valence electrons. The van der Waals surface area contributed by atoms with Gasteiger partial charge in [-0.15, -0.1) is 0 Å². The predicted molar refractivity (Wildman–Crippen MR) is 112 cm³/mol. The molecule has 0 spiro atoms. The molecule has 1 unspecified atom stereocenters. The quantitative estimate of drug-likeness (QED) is 0.440. The number of ether oxygens (including phenoxy) is 2. The maximum absolute atomic E-state index is 6.12. The third-order valence-corrected chi connectivity index (χ3v) is 5.68. The molecule has 1 aromatic rings. The molecule has 2 aliphatic rings.